The molecule has 0 aliphatic carbocycles. The van der Waals surface area contributed by atoms with Crippen molar-refractivity contribution in [3.63, 3.8) is 0 Å². The zero-order valence-electron chi connectivity index (χ0n) is 6.78. The summed E-state index contributed by atoms with van der Waals surface area (Å²) < 4.78 is 1.18. The van der Waals surface area contributed by atoms with Gasteiger partial charge >= 0.3 is 0 Å². The molecule has 0 fully saturated rings. The molecule has 0 bridgehead atoms. The molecule has 1 aromatic heterocycles. The fraction of sp³-hybridized carbons (Fsp3) is 0. The molecule has 2 aromatic rings. The summed E-state index contributed by atoms with van der Waals surface area (Å²) in [6, 6.07) is 7.97. The molecule has 0 saturated heterocycles. The quantitative estimate of drug-likeness (QED) is 0.554. The number of thiophene rings is 1. The molecule has 0 aliphatic heterocycles. The Morgan fingerprint density at radius 3 is 2.69 bits per heavy atom. The monoisotopic (exact) mass is 212 g/mol. The van der Waals surface area contributed by atoms with Gasteiger partial charge in [0.25, 0.3) is 0 Å². The second-order valence-electron chi connectivity index (χ2n) is 2.56. The first-order chi connectivity index (χ1) is 5.79. The predicted octanol–water partition coefficient (Wildman–Crippen LogP) is 2.61. The maximum absolute atomic E-state index is 7.32. The Hall–Kier alpha value is -1.06. The Morgan fingerprint density at radius 1 is 1.31 bits per heavy atom. The van der Waals surface area contributed by atoms with Crippen LogP contribution < -0.4 is 5.73 Å². The van der Waals surface area contributed by atoms with Gasteiger partial charge in [0.2, 0.25) is 0 Å². The molecule has 13 heavy (non-hydrogen) atoms. The minimum atomic E-state index is 0. The van der Waals surface area contributed by atoms with Crippen LogP contribution in [0.25, 0.3) is 10.1 Å². The molecule has 0 spiro atoms. The Kier molecular flexibility index (Phi) is 2.90. The lowest BCUT2D eigenvalue weighted by molar-refractivity contribution is 1.45. The number of nitrogen functional groups attached to an aromatic ring is 1. The molecular formula is C9H9ClN2S. The van der Waals surface area contributed by atoms with E-state index in [1.807, 2.05) is 29.6 Å². The van der Waals surface area contributed by atoms with Crippen LogP contribution in [0.1, 0.15) is 5.56 Å². The van der Waals surface area contributed by atoms with Crippen molar-refractivity contribution in [1.29, 1.82) is 5.41 Å². The molecule has 3 N–H and O–H groups in total. The maximum atomic E-state index is 7.32. The van der Waals surface area contributed by atoms with Crippen molar-refractivity contribution in [2.24, 2.45) is 5.73 Å². The van der Waals surface area contributed by atoms with Gasteiger partial charge < -0.3 is 5.73 Å². The Labute approximate surface area is 86.3 Å². The molecule has 2 rings (SSSR count). The van der Waals surface area contributed by atoms with Crippen LogP contribution >= 0.6 is 23.7 Å². The average Bonchev–Trinajstić information content (AvgIpc) is 2.47. The lowest BCUT2D eigenvalue weighted by Gasteiger charge is -1.93. The third-order valence-electron chi connectivity index (χ3n) is 1.77. The van der Waals surface area contributed by atoms with Crippen molar-refractivity contribution >= 4 is 39.7 Å². The summed E-state index contributed by atoms with van der Waals surface area (Å²) in [6.07, 6.45) is 0. The van der Waals surface area contributed by atoms with E-state index in [0.29, 0.717) is 0 Å². The van der Waals surface area contributed by atoms with Crippen LogP contribution in [0.5, 0.6) is 0 Å². The summed E-state index contributed by atoms with van der Waals surface area (Å²) in [5.41, 5.74) is 6.26. The molecular weight excluding hydrogens is 204 g/mol. The van der Waals surface area contributed by atoms with Gasteiger partial charge in [-0.2, -0.15) is 0 Å². The summed E-state index contributed by atoms with van der Waals surface area (Å²) >= 11 is 1.62. The van der Waals surface area contributed by atoms with Gasteiger partial charge in [-0.15, -0.1) is 23.7 Å². The number of halogens is 1. The van der Waals surface area contributed by atoms with Crippen molar-refractivity contribution < 1.29 is 0 Å². The Balaban J connectivity index is 0.000000845. The molecule has 68 valence electrons. The molecule has 0 aliphatic rings. The van der Waals surface area contributed by atoms with Gasteiger partial charge in [0.05, 0.1) is 0 Å². The van der Waals surface area contributed by atoms with E-state index in [2.05, 4.69) is 0 Å². The zero-order chi connectivity index (χ0) is 8.55. The van der Waals surface area contributed by atoms with Gasteiger partial charge in [-0.3, -0.25) is 5.41 Å². The van der Waals surface area contributed by atoms with E-state index in [1.54, 1.807) is 11.3 Å². The van der Waals surface area contributed by atoms with Crippen molar-refractivity contribution in [3.8, 4) is 0 Å². The van der Waals surface area contributed by atoms with Crippen LogP contribution in [0.4, 0.5) is 0 Å². The minimum Gasteiger partial charge on any atom is -0.384 e. The SMILES string of the molecule is Cl.N=C(N)c1csc2ccccc12. The molecule has 0 radical (unpaired) electrons. The number of hydrogen-bond donors (Lipinski definition) is 2. The fourth-order valence-electron chi connectivity index (χ4n) is 1.19. The van der Waals surface area contributed by atoms with Gasteiger partial charge in [0.1, 0.15) is 5.84 Å². The van der Waals surface area contributed by atoms with E-state index in [0.717, 1.165) is 10.9 Å². The van der Waals surface area contributed by atoms with Crippen LogP contribution in [-0.4, -0.2) is 5.84 Å². The number of benzene rings is 1. The second kappa shape index (κ2) is 3.77. The third kappa shape index (κ3) is 1.66. The fourth-order valence-corrected chi connectivity index (χ4v) is 2.15. The predicted molar refractivity (Wildman–Crippen MR) is 60.1 cm³/mol. The first-order valence-electron chi connectivity index (χ1n) is 3.59. The number of rotatable bonds is 1. The molecule has 4 heteroatoms. The summed E-state index contributed by atoms with van der Waals surface area (Å²) in [7, 11) is 0. The van der Waals surface area contributed by atoms with E-state index >= 15 is 0 Å². The van der Waals surface area contributed by atoms with Crippen LogP contribution in [0.2, 0.25) is 0 Å². The summed E-state index contributed by atoms with van der Waals surface area (Å²) in [4.78, 5) is 0. The summed E-state index contributed by atoms with van der Waals surface area (Å²) in [6.45, 7) is 0. The van der Waals surface area contributed by atoms with Gasteiger partial charge in [0, 0.05) is 21.0 Å². The van der Waals surface area contributed by atoms with Crippen molar-refractivity contribution in [3.05, 3.63) is 35.2 Å². The smallest absolute Gasteiger partial charge is 0.124 e. The topological polar surface area (TPSA) is 49.9 Å². The van der Waals surface area contributed by atoms with Crippen LogP contribution in [0.15, 0.2) is 29.6 Å². The van der Waals surface area contributed by atoms with E-state index in [4.69, 9.17) is 11.1 Å². The van der Waals surface area contributed by atoms with Gasteiger partial charge in [-0.25, -0.2) is 0 Å². The first-order valence-corrected chi connectivity index (χ1v) is 4.47. The second-order valence-corrected chi connectivity index (χ2v) is 3.47. The van der Waals surface area contributed by atoms with E-state index in [9.17, 15) is 0 Å². The molecule has 1 aromatic carbocycles. The molecule has 2 nitrogen and oxygen atoms in total. The number of nitrogens with two attached hydrogens (primary N) is 1. The van der Waals surface area contributed by atoms with Crippen molar-refractivity contribution in [1.82, 2.24) is 0 Å². The highest BCUT2D eigenvalue weighted by atomic mass is 35.5. The first kappa shape index (κ1) is 10.0. The van der Waals surface area contributed by atoms with Crippen LogP contribution in [-0.2, 0) is 0 Å². The number of fused-ring (bicyclic) bond motifs is 1. The van der Waals surface area contributed by atoms with Crippen molar-refractivity contribution in [2.75, 3.05) is 0 Å². The Bertz CT molecular complexity index is 436. The highest BCUT2D eigenvalue weighted by Crippen LogP contribution is 2.24. The van der Waals surface area contributed by atoms with E-state index in [-0.39, 0.29) is 18.2 Å². The van der Waals surface area contributed by atoms with Gasteiger partial charge in [-0.1, -0.05) is 18.2 Å². The minimum absolute atomic E-state index is 0. The van der Waals surface area contributed by atoms with E-state index < -0.39 is 0 Å². The average molecular weight is 213 g/mol. The number of amidine groups is 1. The van der Waals surface area contributed by atoms with Crippen LogP contribution in [0.3, 0.4) is 0 Å². The standard InChI is InChI=1S/C9H8N2S.ClH/c10-9(11)7-5-12-8-4-2-1-3-6(7)8;/h1-5H,(H3,10,11);1H. The molecule has 0 unspecified atom stereocenters. The summed E-state index contributed by atoms with van der Waals surface area (Å²) in [5, 5.41) is 10.3. The highest BCUT2D eigenvalue weighted by molar-refractivity contribution is 7.17. The third-order valence-corrected chi connectivity index (χ3v) is 2.73. The largest absolute Gasteiger partial charge is 0.384 e. The highest BCUT2D eigenvalue weighted by Gasteiger charge is 2.04. The van der Waals surface area contributed by atoms with E-state index in [1.165, 1.54) is 4.70 Å². The molecule has 1 heterocycles. The number of hydrogen-bond acceptors (Lipinski definition) is 2. The molecule has 0 saturated carbocycles. The Morgan fingerprint density at radius 2 is 2.00 bits per heavy atom. The zero-order valence-corrected chi connectivity index (χ0v) is 8.41. The van der Waals surface area contributed by atoms with Gasteiger partial charge in [0.15, 0.2) is 0 Å². The normalized spacial score (nSPS) is 9.54. The lowest BCUT2D eigenvalue weighted by Crippen LogP contribution is -2.09. The lowest BCUT2D eigenvalue weighted by atomic mass is 10.2. The van der Waals surface area contributed by atoms with Crippen molar-refractivity contribution in [2.45, 2.75) is 0 Å². The number of nitrogens with one attached hydrogen (secondary N) is 1. The maximum Gasteiger partial charge on any atom is 0.124 e. The molecule has 0 amide bonds. The van der Waals surface area contributed by atoms with Crippen LogP contribution in [0, 0.1) is 5.41 Å². The summed E-state index contributed by atoms with van der Waals surface area (Å²) in [5.74, 6) is 0.146. The molecule has 0 atom stereocenters. The van der Waals surface area contributed by atoms with Gasteiger partial charge in [-0.05, 0) is 6.07 Å².